The van der Waals surface area contributed by atoms with Crippen LogP contribution < -0.4 is 20.9 Å². The van der Waals surface area contributed by atoms with Gasteiger partial charge in [0.1, 0.15) is 22.6 Å². The smallest absolute Gasteiger partial charge is 0.412 e. The van der Waals surface area contributed by atoms with Crippen molar-refractivity contribution < 1.29 is 19.1 Å². The Kier molecular flexibility index (Phi) is 13.3. The number of carbonyl (C=O) groups is 2. The number of hydrogen-bond acceptors (Lipinski definition) is 10. The largest absolute Gasteiger partial charge is 0.444 e. The van der Waals surface area contributed by atoms with Crippen LogP contribution in [0.1, 0.15) is 89.5 Å². The summed E-state index contributed by atoms with van der Waals surface area (Å²) in [6.45, 7) is 11.7. The number of aromatic nitrogens is 5. The molecule has 3 heterocycles. The number of carbonyl (C=O) groups excluding carboxylic acids is 2. The Hall–Kier alpha value is -7.28. The van der Waals surface area contributed by atoms with Crippen LogP contribution in [0.3, 0.4) is 0 Å². The molecular formula is C53H59N9O4. The van der Waals surface area contributed by atoms with E-state index in [1.54, 1.807) is 0 Å². The van der Waals surface area contributed by atoms with Crippen LogP contribution in [0, 0.1) is 0 Å². The minimum atomic E-state index is -0.861. The number of H-pyrrole nitrogens is 1. The Morgan fingerprint density at radius 3 is 1.86 bits per heavy atom. The van der Waals surface area contributed by atoms with Gasteiger partial charge in [-0.3, -0.25) is 10.4 Å². The van der Waals surface area contributed by atoms with Gasteiger partial charge in [0.25, 0.3) is 0 Å². The van der Waals surface area contributed by atoms with Gasteiger partial charge in [-0.25, -0.2) is 19.6 Å². The highest BCUT2D eigenvalue weighted by Crippen LogP contribution is 2.47. The van der Waals surface area contributed by atoms with E-state index in [0.29, 0.717) is 47.5 Å². The van der Waals surface area contributed by atoms with E-state index in [0.717, 1.165) is 53.3 Å². The van der Waals surface area contributed by atoms with Gasteiger partial charge >= 0.3 is 12.2 Å². The second kappa shape index (κ2) is 19.4. The lowest BCUT2D eigenvalue weighted by Crippen LogP contribution is -2.56. The number of amides is 2. The van der Waals surface area contributed by atoms with Gasteiger partial charge in [-0.05, 0) is 114 Å². The molecule has 1 fully saturated rings. The molecule has 3 aromatic heterocycles. The average molecular weight is 886 g/mol. The predicted molar refractivity (Wildman–Crippen MR) is 261 cm³/mol. The van der Waals surface area contributed by atoms with E-state index in [9.17, 15) is 9.59 Å². The maximum atomic E-state index is 12.9. The zero-order valence-corrected chi connectivity index (χ0v) is 38.5. The molecule has 340 valence electrons. The van der Waals surface area contributed by atoms with Crippen LogP contribution in [-0.4, -0.2) is 67.2 Å². The summed E-state index contributed by atoms with van der Waals surface area (Å²) in [4.78, 5) is 43.3. The molecule has 7 aromatic rings. The Morgan fingerprint density at radius 2 is 1.26 bits per heavy atom. The van der Waals surface area contributed by atoms with E-state index < -0.39 is 28.9 Å². The molecule has 1 aliphatic carbocycles. The zero-order valence-electron chi connectivity index (χ0n) is 38.5. The number of ether oxygens (including phenoxy) is 2. The number of para-hydroxylation sites is 1. The van der Waals surface area contributed by atoms with E-state index in [1.807, 2.05) is 108 Å². The van der Waals surface area contributed by atoms with Gasteiger partial charge in [0.05, 0.1) is 16.8 Å². The van der Waals surface area contributed by atoms with Crippen molar-refractivity contribution in [3.63, 3.8) is 0 Å². The van der Waals surface area contributed by atoms with Crippen LogP contribution in [0.4, 0.5) is 27.0 Å². The van der Waals surface area contributed by atoms with Crippen molar-refractivity contribution in [1.82, 2.24) is 30.5 Å². The van der Waals surface area contributed by atoms with E-state index >= 15 is 0 Å². The van der Waals surface area contributed by atoms with Crippen molar-refractivity contribution in [2.75, 3.05) is 22.1 Å². The molecule has 0 radical (unpaired) electrons. The second-order valence-electron chi connectivity index (χ2n) is 18.7. The Morgan fingerprint density at radius 1 is 0.682 bits per heavy atom. The first-order valence-electron chi connectivity index (χ1n) is 22.7. The summed E-state index contributed by atoms with van der Waals surface area (Å²) in [5.41, 5.74) is 4.72. The minimum absolute atomic E-state index is 0.0374. The predicted octanol–water partition coefficient (Wildman–Crippen LogP) is 11.1. The normalized spacial score (nSPS) is 15.4. The van der Waals surface area contributed by atoms with Crippen LogP contribution in [0.15, 0.2) is 140 Å². The van der Waals surface area contributed by atoms with E-state index in [1.165, 1.54) is 0 Å². The molecule has 0 aliphatic heterocycles. The molecule has 4 N–H and O–H groups in total. The number of pyridine rings is 1. The van der Waals surface area contributed by atoms with Crippen LogP contribution in [0.25, 0.3) is 22.4 Å². The molecule has 8 rings (SSSR count). The lowest BCUT2D eigenvalue weighted by Gasteiger charge is -2.50. The highest BCUT2D eigenvalue weighted by atomic mass is 16.6. The number of aromatic amines is 1. The van der Waals surface area contributed by atoms with Crippen LogP contribution in [0.5, 0.6) is 0 Å². The summed E-state index contributed by atoms with van der Waals surface area (Å²) in [5.74, 6) is 1.22. The lowest BCUT2D eigenvalue weighted by molar-refractivity contribution is 0.0489. The van der Waals surface area contributed by atoms with Crippen molar-refractivity contribution in [1.29, 1.82) is 0 Å². The number of anilines is 3. The molecule has 0 unspecified atom stereocenters. The number of nitrogens with one attached hydrogen (secondary N) is 4. The fourth-order valence-corrected chi connectivity index (χ4v) is 8.87. The number of benzene rings is 4. The quantitative estimate of drug-likeness (QED) is 0.0821. The molecule has 13 nitrogen and oxygen atoms in total. The molecule has 0 spiro atoms. The van der Waals surface area contributed by atoms with Gasteiger partial charge in [-0.15, -0.1) is 0 Å². The van der Waals surface area contributed by atoms with E-state index in [2.05, 4.69) is 98.7 Å². The molecule has 0 atom stereocenters. The topological polar surface area (TPSA) is 159 Å². The van der Waals surface area contributed by atoms with Crippen molar-refractivity contribution in [2.24, 2.45) is 0 Å². The molecule has 1 saturated carbocycles. The number of fused-ring (bicyclic) bond motifs is 1. The van der Waals surface area contributed by atoms with Crippen LogP contribution >= 0.6 is 0 Å². The van der Waals surface area contributed by atoms with E-state index in [-0.39, 0.29) is 12.1 Å². The standard InChI is InChI=1S/C53H59N9O4/c1-51(2,3)65-49(63)56-40-29-31-41(32-30-40)62(53(37-20-10-7-11-21-37,38-22-12-8-13-23-38)39-24-14-9-15-25-39)48-55-35-42-46(60-61-47(42)59-48)44-27-18-28-45(57-44)54-34-33-36-19-16-17-26-43(36)58-50(64)66-52(4,5)6/h7-28,35,40-41H,29-34H2,1-6H3,(H,54,57)(H,56,63)(H,58,64)(H,55,59,60,61). The second-order valence-corrected chi connectivity index (χ2v) is 18.7. The Bertz CT molecular complexity index is 2630. The highest BCUT2D eigenvalue weighted by molar-refractivity contribution is 5.90. The fraction of sp³-hybridized carbons (Fsp3) is 0.321. The summed E-state index contributed by atoms with van der Waals surface area (Å²) in [6, 6.07) is 45.1. The van der Waals surface area contributed by atoms with Gasteiger partial charge < -0.3 is 25.0 Å². The molecule has 2 amide bonds. The first-order valence-corrected chi connectivity index (χ1v) is 22.7. The third kappa shape index (κ3) is 10.5. The highest BCUT2D eigenvalue weighted by Gasteiger charge is 2.47. The summed E-state index contributed by atoms with van der Waals surface area (Å²) in [6.07, 6.45) is 4.61. The molecule has 1 aliphatic rings. The zero-order chi connectivity index (χ0) is 46.3. The first-order chi connectivity index (χ1) is 31.8. The monoisotopic (exact) mass is 885 g/mol. The van der Waals surface area contributed by atoms with Crippen molar-refractivity contribution >= 4 is 40.7 Å². The molecule has 66 heavy (non-hydrogen) atoms. The van der Waals surface area contributed by atoms with Gasteiger partial charge in [0, 0.05) is 30.5 Å². The molecule has 0 bridgehead atoms. The third-order valence-corrected chi connectivity index (χ3v) is 11.6. The SMILES string of the molecule is CC(C)(C)OC(=O)Nc1ccccc1CCNc1cccc(-c2[nH]nc3nc(N(C4CCC(NC(=O)OC(C)(C)C)CC4)C(c4ccccc4)(c4ccccc4)c4ccccc4)ncc23)n1. The van der Waals surface area contributed by atoms with E-state index in [4.69, 9.17) is 29.5 Å². The maximum absolute atomic E-state index is 12.9. The Balaban J connectivity index is 1.12. The summed E-state index contributed by atoms with van der Waals surface area (Å²) < 4.78 is 11.1. The van der Waals surface area contributed by atoms with Gasteiger partial charge in [-0.2, -0.15) is 10.1 Å². The first kappa shape index (κ1) is 45.3. The number of rotatable bonds is 13. The van der Waals surface area contributed by atoms with Crippen molar-refractivity contribution in [3.8, 4) is 11.4 Å². The molecule has 0 saturated heterocycles. The molecule has 4 aromatic carbocycles. The summed E-state index contributed by atoms with van der Waals surface area (Å²) in [5, 5.41) is 18.2. The number of nitrogens with zero attached hydrogens (tertiary/aromatic N) is 5. The van der Waals surface area contributed by atoms with Gasteiger partial charge in [0.2, 0.25) is 5.95 Å². The molecular weight excluding hydrogens is 827 g/mol. The third-order valence-electron chi connectivity index (χ3n) is 11.6. The Labute approximate surface area is 386 Å². The van der Waals surface area contributed by atoms with Gasteiger partial charge in [0.15, 0.2) is 5.65 Å². The number of hydrogen-bond donors (Lipinski definition) is 4. The summed E-state index contributed by atoms with van der Waals surface area (Å²) >= 11 is 0. The van der Waals surface area contributed by atoms with Crippen LogP contribution in [0.2, 0.25) is 0 Å². The fourth-order valence-electron chi connectivity index (χ4n) is 8.87. The lowest BCUT2D eigenvalue weighted by atomic mass is 9.73. The summed E-state index contributed by atoms with van der Waals surface area (Å²) in [7, 11) is 0. The number of alkyl carbamates (subject to hydrolysis) is 1. The molecule has 13 heteroatoms. The van der Waals surface area contributed by atoms with Crippen LogP contribution in [-0.2, 0) is 21.4 Å². The van der Waals surface area contributed by atoms with Gasteiger partial charge in [-0.1, -0.05) is 115 Å². The minimum Gasteiger partial charge on any atom is -0.444 e. The van der Waals surface area contributed by atoms with Crippen molar-refractivity contribution in [3.05, 3.63) is 162 Å². The maximum Gasteiger partial charge on any atom is 0.412 e. The van der Waals surface area contributed by atoms with Crippen molar-refractivity contribution in [2.45, 2.75) is 102 Å². The average Bonchev–Trinajstić information content (AvgIpc) is 3.72.